The largest absolute Gasteiger partial charge is 0.377 e. The van der Waals surface area contributed by atoms with Crippen LogP contribution in [0.15, 0.2) is 24.3 Å². The molecule has 1 saturated heterocycles. The molecule has 0 aliphatic carbocycles. The van der Waals surface area contributed by atoms with Gasteiger partial charge in [0.15, 0.2) is 0 Å². The van der Waals surface area contributed by atoms with Gasteiger partial charge in [-0.25, -0.2) is 0 Å². The zero-order valence-electron chi connectivity index (χ0n) is 12.1. The Morgan fingerprint density at radius 1 is 1.50 bits per heavy atom. The molecule has 1 unspecified atom stereocenters. The summed E-state index contributed by atoms with van der Waals surface area (Å²) in [6.45, 7) is 6.13. The Kier molecular flexibility index (Phi) is 4.98. The highest BCUT2D eigenvalue weighted by Gasteiger charge is 2.30. The Morgan fingerprint density at radius 3 is 2.95 bits per heavy atom. The van der Waals surface area contributed by atoms with Gasteiger partial charge >= 0.3 is 0 Å². The van der Waals surface area contributed by atoms with E-state index in [1.807, 2.05) is 38.1 Å². The fraction of sp³-hybridized carbons (Fsp3) is 0.533. The van der Waals surface area contributed by atoms with Gasteiger partial charge in [0.2, 0.25) is 5.91 Å². The van der Waals surface area contributed by atoms with Crippen molar-refractivity contribution in [2.24, 2.45) is 5.73 Å². The fourth-order valence-corrected chi connectivity index (χ4v) is 2.45. The predicted octanol–water partition coefficient (Wildman–Crippen LogP) is 0.875. The Bertz CT molecular complexity index is 462. The summed E-state index contributed by atoms with van der Waals surface area (Å²) in [7, 11) is 0. The normalized spacial score (nSPS) is 19.2. The standard InChI is InChI=1S/C15H23N3O2/c1-11(2)17-15(19)14-10-20-8-7-18(14)13-6-4-3-5-12(13)9-16/h3-6,11,14H,7-10,16H2,1-2H3,(H,17,19). The summed E-state index contributed by atoms with van der Waals surface area (Å²) in [5.74, 6) is 0.00604. The van der Waals surface area contributed by atoms with Gasteiger partial charge in [-0.05, 0) is 25.5 Å². The van der Waals surface area contributed by atoms with Gasteiger partial charge in [0.1, 0.15) is 6.04 Å². The average molecular weight is 277 g/mol. The number of nitrogens with one attached hydrogen (secondary N) is 1. The summed E-state index contributed by atoms with van der Waals surface area (Å²) in [6.07, 6.45) is 0. The number of benzene rings is 1. The second-order valence-electron chi connectivity index (χ2n) is 5.28. The van der Waals surface area contributed by atoms with E-state index in [9.17, 15) is 4.79 Å². The third kappa shape index (κ3) is 3.29. The summed E-state index contributed by atoms with van der Waals surface area (Å²) in [5, 5.41) is 2.96. The van der Waals surface area contributed by atoms with Crippen LogP contribution in [0.1, 0.15) is 19.4 Å². The topological polar surface area (TPSA) is 67.6 Å². The van der Waals surface area contributed by atoms with Crippen LogP contribution in [0.5, 0.6) is 0 Å². The number of hydrogen-bond donors (Lipinski definition) is 2. The van der Waals surface area contributed by atoms with Gasteiger partial charge in [0.25, 0.3) is 0 Å². The number of nitrogens with two attached hydrogens (primary N) is 1. The van der Waals surface area contributed by atoms with E-state index < -0.39 is 0 Å². The van der Waals surface area contributed by atoms with Crippen LogP contribution in [0, 0.1) is 0 Å². The Morgan fingerprint density at radius 2 is 2.25 bits per heavy atom. The van der Waals surface area contributed by atoms with Crippen molar-refractivity contribution in [1.82, 2.24) is 5.32 Å². The van der Waals surface area contributed by atoms with E-state index in [0.717, 1.165) is 11.3 Å². The van der Waals surface area contributed by atoms with Crippen LogP contribution in [0.3, 0.4) is 0 Å². The molecule has 0 saturated carbocycles. The van der Waals surface area contributed by atoms with Crippen molar-refractivity contribution in [3.63, 3.8) is 0 Å². The number of para-hydroxylation sites is 1. The van der Waals surface area contributed by atoms with Crippen LogP contribution in [0.25, 0.3) is 0 Å². The SMILES string of the molecule is CC(C)NC(=O)C1COCCN1c1ccccc1CN. The number of carbonyl (C=O) groups is 1. The highest BCUT2D eigenvalue weighted by Crippen LogP contribution is 2.24. The van der Waals surface area contributed by atoms with Crippen LogP contribution >= 0.6 is 0 Å². The molecule has 1 aromatic rings. The predicted molar refractivity (Wildman–Crippen MR) is 79.6 cm³/mol. The van der Waals surface area contributed by atoms with E-state index in [0.29, 0.717) is 26.3 Å². The maximum Gasteiger partial charge on any atom is 0.245 e. The van der Waals surface area contributed by atoms with E-state index in [1.54, 1.807) is 0 Å². The second-order valence-corrected chi connectivity index (χ2v) is 5.28. The first-order valence-corrected chi connectivity index (χ1v) is 7.06. The molecule has 5 nitrogen and oxygen atoms in total. The van der Waals surface area contributed by atoms with Gasteiger partial charge in [0.05, 0.1) is 13.2 Å². The van der Waals surface area contributed by atoms with Crippen molar-refractivity contribution < 1.29 is 9.53 Å². The monoisotopic (exact) mass is 277 g/mol. The number of carbonyl (C=O) groups excluding carboxylic acids is 1. The molecule has 0 radical (unpaired) electrons. The van der Waals surface area contributed by atoms with Crippen molar-refractivity contribution in [3.05, 3.63) is 29.8 Å². The van der Waals surface area contributed by atoms with Crippen molar-refractivity contribution in [1.29, 1.82) is 0 Å². The van der Waals surface area contributed by atoms with Crippen LogP contribution in [0.2, 0.25) is 0 Å². The van der Waals surface area contributed by atoms with Gasteiger partial charge in [-0.2, -0.15) is 0 Å². The second kappa shape index (κ2) is 6.72. The number of hydrogen-bond acceptors (Lipinski definition) is 4. The van der Waals surface area contributed by atoms with Gasteiger partial charge in [0, 0.05) is 24.8 Å². The summed E-state index contributed by atoms with van der Waals surface area (Å²) < 4.78 is 5.48. The van der Waals surface area contributed by atoms with Crippen molar-refractivity contribution in [2.75, 3.05) is 24.7 Å². The van der Waals surface area contributed by atoms with Crippen LogP contribution < -0.4 is 16.0 Å². The van der Waals surface area contributed by atoms with E-state index >= 15 is 0 Å². The minimum absolute atomic E-state index is 0.00604. The van der Waals surface area contributed by atoms with E-state index in [2.05, 4.69) is 10.2 Å². The number of anilines is 1. The molecule has 0 aromatic heterocycles. The molecule has 5 heteroatoms. The molecule has 2 rings (SSSR count). The van der Waals surface area contributed by atoms with Gasteiger partial charge in [-0.15, -0.1) is 0 Å². The Labute approximate surface area is 120 Å². The molecular weight excluding hydrogens is 254 g/mol. The molecule has 1 aromatic carbocycles. The Balaban J connectivity index is 2.24. The lowest BCUT2D eigenvalue weighted by Crippen LogP contribution is -2.55. The van der Waals surface area contributed by atoms with Crippen LogP contribution in [-0.4, -0.2) is 37.7 Å². The number of nitrogens with zero attached hydrogens (tertiary/aromatic N) is 1. The van der Waals surface area contributed by atoms with Gasteiger partial charge < -0.3 is 20.7 Å². The van der Waals surface area contributed by atoms with Crippen LogP contribution in [-0.2, 0) is 16.1 Å². The zero-order chi connectivity index (χ0) is 14.5. The fourth-order valence-electron chi connectivity index (χ4n) is 2.45. The van der Waals surface area contributed by atoms with E-state index in [1.165, 1.54) is 0 Å². The molecule has 110 valence electrons. The maximum absolute atomic E-state index is 12.3. The third-order valence-electron chi connectivity index (χ3n) is 3.38. The average Bonchev–Trinajstić information content (AvgIpc) is 2.46. The number of ether oxygens (including phenoxy) is 1. The molecule has 3 N–H and O–H groups in total. The molecule has 1 atom stereocenters. The van der Waals surface area contributed by atoms with E-state index in [4.69, 9.17) is 10.5 Å². The highest BCUT2D eigenvalue weighted by atomic mass is 16.5. The molecule has 20 heavy (non-hydrogen) atoms. The lowest BCUT2D eigenvalue weighted by Gasteiger charge is -2.37. The van der Waals surface area contributed by atoms with Crippen molar-refractivity contribution >= 4 is 11.6 Å². The molecule has 1 aliphatic heterocycles. The number of morpholine rings is 1. The molecule has 1 amide bonds. The smallest absolute Gasteiger partial charge is 0.245 e. The van der Waals surface area contributed by atoms with Crippen LogP contribution in [0.4, 0.5) is 5.69 Å². The zero-order valence-corrected chi connectivity index (χ0v) is 12.1. The summed E-state index contributed by atoms with van der Waals surface area (Å²) in [6, 6.07) is 7.79. The minimum Gasteiger partial charge on any atom is -0.377 e. The van der Waals surface area contributed by atoms with Gasteiger partial charge in [-0.1, -0.05) is 18.2 Å². The molecule has 1 aliphatic rings. The summed E-state index contributed by atoms with van der Waals surface area (Å²) >= 11 is 0. The first-order valence-electron chi connectivity index (χ1n) is 7.06. The van der Waals surface area contributed by atoms with Crippen molar-refractivity contribution in [3.8, 4) is 0 Å². The lowest BCUT2D eigenvalue weighted by molar-refractivity contribution is -0.125. The first kappa shape index (κ1) is 14.8. The minimum atomic E-state index is -0.293. The molecular formula is C15H23N3O2. The summed E-state index contributed by atoms with van der Waals surface area (Å²) in [5.41, 5.74) is 7.88. The number of rotatable bonds is 4. The number of amides is 1. The molecule has 0 spiro atoms. The lowest BCUT2D eigenvalue weighted by atomic mass is 10.1. The molecule has 0 bridgehead atoms. The quantitative estimate of drug-likeness (QED) is 0.857. The first-order chi connectivity index (χ1) is 9.63. The van der Waals surface area contributed by atoms with E-state index in [-0.39, 0.29) is 18.0 Å². The third-order valence-corrected chi connectivity index (χ3v) is 3.38. The van der Waals surface area contributed by atoms with Crippen molar-refractivity contribution in [2.45, 2.75) is 32.5 Å². The maximum atomic E-state index is 12.3. The Hall–Kier alpha value is -1.59. The summed E-state index contributed by atoms with van der Waals surface area (Å²) in [4.78, 5) is 14.4. The molecule has 1 fully saturated rings. The van der Waals surface area contributed by atoms with Gasteiger partial charge in [-0.3, -0.25) is 4.79 Å². The molecule has 1 heterocycles. The highest BCUT2D eigenvalue weighted by molar-refractivity contribution is 5.86.